The van der Waals surface area contributed by atoms with Crippen LogP contribution in [0.5, 0.6) is 0 Å². The van der Waals surface area contributed by atoms with Gasteiger partial charge in [-0.05, 0) is 43.0 Å². The van der Waals surface area contributed by atoms with E-state index in [2.05, 4.69) is 10.3 Å². The molecule has 7 heteroatoms. The third-order valence-corrected chi connectivity index (χ3v) is 4.05. The maximum Gasteiger partial charge on any atom is 0.253 e. The Morgan fingerprint density at radius 1 is 1.36 bits per heavy atom. The van der Waals surface area contributed by atoms with Gasteiger partial charge in [-0.25, -0.2) is 0 Å². The maximum atomic E-state index is 12.4. The highest BCUT2D eigenvalue weighted by atomic mass is 35.5. The molecule has 0 radical (unpaired) electrons. The lowest BCUT2D eigenvalue weighted by Gasteiger charge is -2.16. The summed E-state index contributed by atoms with van der Waals surface area (Å²) in [5, 5.41) is 4.40. The minimum absolute atomic E-state index is 0. The molecule has 1 amide bonds. The van der Waals surface area contributed by atoms with Crippen LogP contribution in [0.1, 0.15) is 23.2 Å². The Balaban J connectivity index is 0.00000121. The fourth-order valence-electron chi connectivity index (χ4n) is 2.44. The van der Waals surface area contributed by atoms with Crippen LogP contribution in [0, 0.1) is 5.92 Å². The van der Waals surface area contributed by atoms with E-state index in [-0.39, 0.29) is 36.8 Å². The van der Waals surface area contributed by atoms with Gasteiger partial charge >= 0.3 is 0 Å². The zero-order valence-electron chi connectivity index (χ0n) is 11.8. The quantitative estimate of drug-likeness (QED) is 0.877. The largest absolute Gasteiger partial charge is 0.348 e. The number of carbonyl (C=O) groups excluding carboxylic acids is 1. The molecule has 1 unspecified atom stereocenters. The molecule has 1 heterocycles. The average Bonchev–Trinajstić information content (AvgIpc) is 3.30. The summed E-state index contributed by atoms with van der Waals surface area (Å²) >= 11 is 6.14. The first kappa shape index (κ1) is 19.0. The molecule has 1 fully saturated rings. The molecule has 1 aromatic heterocycles. The van der Waals surface area contributed by atoms with Gasteiger partial charge in [-0.15, -0.1) is 24.8 Å². The van der Waals surface area contributed by atoms with Crippen LogP contribution >= 0.6 is 36.4 Å². The Morgan fingerprint density at radius 2 is 2.09 bits per heavy atom. The van der Waals surface area contributed by atoms with Gasteiger partial charge < -0.3 is 11.1 Å². The highest BCUT2D eigenvalue weighted by Gasteiger charge is 2.31. The van der Waals surface area contributed by atoms with Crippen LogP contribution in [0.4, 0.5) is 0 Å². The van der Waals surface area contributed by atoms with E-state index in [9.17, 15) is 4.79 Å². The second kappa shape index (κ2) is 7.97. The number of nitrogens with one attached hydrogen (secondary N) is 1. The molecule has 3 rings (SSSR count). The fraction of sp³-hybridized carbons (Fsp3) is 0.333. The number of nitrogens with zero attached hydrogens (tertiary/aromatic N) is 1. The number of carbonyl (C=O) groups is 1. The molecule has 4 nitrogen and oxygen atoms in total. The normalized spacial score (nSPS) is 14.6. The molecule has 1 saturated carbocycles. The topological polar surface area (TPSA) is 68.0 Å². The van der Waals surface area contributed by atoms with Crippen molar-refractivity contribution < 1.29 is 4.79 Å². The van der Waals surface area contributed by atoms with Gasteiger partial charge in [0.05, 0.1) is 16.1 Å². The second-order valence-electron chi connectivity index (χ2n) is 5.15. The molecule has 0 saturated heterocycles. The van der Waals surface area contributed by atoms with Crippen LogP contribution in [0.3, 0.4) is 0 Å². The van der Waals surface area contributed by atoms with Gasteiger partial charge in [0.25, 0.3) is 5.91 Å². The summed E-state index contributed by atoms with van der Waals surface area (Å²) in [4.78, 5) is 16.7. The molecular formula is C15H18Cl3N3O. The molecule has 120 valence electrons. The van der Waals surface area contributed by atoms with E-state index in [0.717, 1.165) is 18.2 Å². The highest BCUT2D eigenvalue weighted by Crippen LogP contribution is 2.32. The van der Waals surface area contributed by atoms with E-state index in [1.807, 2.05) is 12.1 Å². The average molecular weight is 363 g/mol. The predicted octanol–water partition coefficient (Wildman–Crippen LogP) is 3.20. The number of fused-ring (bicyclic) bond motifs is 1. The number of rotatable bonds is 4. The minimum atomic E-state index is -0.132. The Labute approximate surface area is 146 Å². The Kier molecular flexibility index (Phi) is 6.88. The first-order valence-electron chi connectivity index (χ1n) is 6.75. The van der Waals surface area contributed by atoms with E-state index in [4.69, 9.17) is 17.3 Å². The monoisotopic (exact) mass is 361 g/mol. The third-order valence-electron chi connectivity index (χ3n) is 3.72. The highest BCUT2D eigenvalue weighted by molar-refractivity contribution is 6.36. The first-order valence-corrected chi connectivity index (χ1v) is 7.12. The number of hydrogen-bond acceptors (Lipinski definition) is 3. The smallest absolute Gasteiger partial charge is 0.253 e. The first-order chi connectivity index (χ1) is 9.70. The van der Waals surface area contributed by atoms with E-state index < -0.39 is 0 Å². The SMILES string of the molecule is Cl.Cl.NCC(NC(=O)c1ccc(Cl)c2cccnc12)C1CC1. The van der Waals surface area contributed by atoms with E-state index >= 15 is 0 Å². The van der Waals surface area contributed by atoms with Crippen LogP contribution < -0.4 is 11.1 Å². The van der Waals surface area contributed by atoms with Gasteiger partial charge in [-0.2, -0.15) is 0 Å². The molecule has 22 heavy (non-hydrogen) atoms. The molecule has 0 aliphatic heterocycles. The second-order valence-corrected chi connectivity index (χ2v) is 5.55. The zero-order chi connectivity index (χ0) is 14.1. The van der Waals surface area contributed by atoms with E-state index in [1.165, 1.54) is 0 Å². The van der Waals surface area contributed by atoms with Gasteiger partial charge in [0.1, 0.15) is 0 Å². The van der Waals surface area contributed by atoms with Gasteiger partial charge in [-0.3, -0.25) is 9.78 Å². The van der Waals surface area contributed by atoms with Gasteiger partial charge in [0, 0.05) is 24.2 Å². The van der Waals surface area contributed by atoms with Crippen LogP contribution in [0.25, 0.3) is 10.9 Å². The van der Waals surface area contributed by atoms with Crippen molar-refractivity contribution in [2.75, 3.05) is 6.54 Å². The van der Waals surface area contributed by atoms with Crippen molar-refractivity contribution in [1.29, 1.82) is 0 Å². The summed E-state index contributed by atoms with van der Waals surface area (Å²) in [6.45, 7) is 0.468. The minimum Gasteiger partial charge on any atom is -0.348 e. The van der Waals surface area contributed by atoms with Crippen molar-refractivity contribution in [2.45, 2.75) is 18.9 Å². The van der Waals surface area contributed by atoms with Gasteiger partial charge in [0.2, 0.25) is 0 Å². The molecule has 0 bridgehead atoms. The van der Waals surface area contributed by atoms with Crippen molar-refractivity contribution in [1.82, 2.24) is 10.3 Å². The molecule has 3 N–H and O–H groups in total. The third kappa shape index (κ3) is 3.82. The number of halogens is 3. The molecule has 1 aliphatic carbocycles. The van der Waals surface area contributed by atoms with Crippen LogP contribution in [-0.2, 0) is 0 Å². The lowest BCUT2D eigenvalue weighted by molar-refractivity contribution is 0.0935. The molecular weight excluding hydrogens is 345 g/mol. The molecule has 2 aromatic rings. The summed E-state index contributed by atoms with van der Waals surface area (Å²) < 4.78 is 0. The lowest BCUT2D eigenvalue weighted by atomic mass is 10.1. The van der Waals surface area contributed by atoms with Crippen molar-refractivity contribution >= 4 is 53.2 Å². The van der Waals surface area contributed by atoms with Crippen molar-refractivity contribution in [2.24, 2.45) is 11.7 Å². The van der Waals surface area contributed by atoms with Crippen molar-refractivity contribution in [3.63, 3.8) is 0 Å². The molecule has 1 aromatic carbocycles. The van der Waals surface area contributed by atoms with Crippen LogP contribution in [0.2, 0.25) is 5.02 Å². The number of amides is 1. The Morgan fingerprint density at radius 3 is 2.73 bits per heavy atom. The van der Waals surface area contributed by atoms with E-state index in [1.54, 1.807) is 18.3 Å². The summed E-state index contributed by atoms with van der Waals surface area (Å²) in [5.41, 5.74) is 6.90. The summed E-state index contributed by atoms with van der Waals surface area (Å²) in [6, 6.07) is 7.17. The van der Waals surface area contributed by atoms with Gasteiger partial charge in [0.15, 0.2) is 0 Å². The summed E-state index contributed by atoms with van der Waals surface area (Å²) in [6.07, 6.45) is 3.94. The Bertz CT molecular complexity index is 662. The van der Waals surface area contributed by atoms with E-state index in [0.29, 0.717) is 28.6 Å². The zero-order valence-corrected chi connectivity index (χ0v) is 14.2. The summed E-state index contributed by atoms with van der Waals surface area (Å²) in [5.74, 6) is 0.392. The Hall–Kier alpha value is -1.07. The summed E-state index contributed by atoms with van der Waals surface area (Å²) in [7, 11) is 0. The van der Waals surface area contributed by atoms with Gasteiger partial charge in [-0.1, -0.05) is 11.6 Å². The number of nitrogens with two attached hydrogens (primary N) is 1. The van der Waals surface area contributed by atoms with Crippen molar-refractivity contribution in [3.8, 4) is 0 Å². The fourth-order valence-corrected chi connectivity index (χ4v) is 2.65. The van der Waals surface area contributed by atoms with Crippen LogP contribution in [-0.4, -0.2) is 23.5 Å². The number of benzene rings is 1. The molecule has 1 atom stereocenters. The number of hydrogen-bond donors (Lipinski definition) is 2. The van der Waals surface area contributed by atoms with Crippen LogP contribution in [0.15, 0.2) is 30.5 Å². The van der Waals surface area contributed by atoms with Crippen molar-refractivity contribution in [3.05, 3.63) is 41.0 Å². The standard InChI is InChI=1S/C15H16ClN3O.2ClH/c16-12-6-5-11(14-10(12)2-1-7-18-14)15(20)19-13(8-17)9-3-4-9;;/h1-2,5-7,9,13H,3-4,8,17H2,(H,19,20);2*1H. The maximum absolute atomic E-state index is 12.4. The number of pyridine rings is 1. The molecule has 0 spiro atoms. The predicted molar refractivity (Wildman–Crippen MR) is 94.3 cm³/mol. The number of aromatic nitrogens is 1. The molecule has 1 aliphatic rings. The lowest BCUT2D eigenvalue weighted by Crippen LogP contribution is -2.41.